The van der Waals surface area contributed by atoms with Crippen LogP contribution < -0.4 is 29.6 Å². The molecule has 0 rings (SSSR count). The summed E-state index contributed by atoms with van der Waals surface area (Å²) in [7, 11) is -4.61. The van der Waals surface area contributed by atoms with Gasteiger partial charge in [-0.25, -0.2) is 8.42 Å². The van der Waals surface area contributed by atoms with Gasteiger partial charge in [-0.15, -0.1) is 0 Å². The molecule has 0 heterocycles. The number of hydrogen-bond acceptors (Lipinski definition) is 6. The summed E-state index contributed by atoms with van der Waals surface area (Å²) in [6, 6.07) is 0. The largest absolute Gasteiger partial charge is 1.00 e. The Kier molecular flexibility index (Phi) is 28.6. The standard InChI is InChI=1S/C22H46O6S.Na/c1-2-3-4-5-6-7-8-9-10-11-12-13-14-15-16-17-18-26-19-20-27-21-22-28-29(23,24)25;/h2-22H2,1H3,(H,23,24,25);/q;+1/p-1. The van der Waals surface area contributed by atoms with E-state index in [0.29, 0.717) is 13.2 Å². The van der Waals surface area contributed by atoms with E-state index in [1.807, 2.05) is 0 Å². The average molecular weight is 461 g/mol. The maximum atomic E-state index is 10.2. The van der Waals surface area contributed by atoms with Crippen molar-refractivity contribution in [2.24, 2.45) is 0 Å². The smallest absolute Gasteiger partial charge is 0.726 e. The Morgan fingerprint density at radius 1 is 0.533 bits per heavy atom. The molecule has 6 nitrogen and oxygen atoms in total. The first-order chi connectivity index (χ1) is 14.1. The van der Waals surface area contributed by atoms with E-state index in [1.54, 1.807) is 0 Å². The van der Waals surface area contributed by atoms with Crippen LogP contribution in [0.2, 0.25) is 0 Å². The Balaban J connectivity index is 0. The quantitative estimate of drug-likeness (QED) is 0.0953. The van der Waals surface area contributed by atoms with Crippen LogP contribution in [0.4, 0.5) is 0 Å². The predicted octanol–water partition coefficient (Wildman–Crippen LogP) is 2.76. The molecule has 0 aliphatic rings. The normalized spacial score (nSPS) is 11.5. The first-order valence-electron chi connectivity index (χ1n) is 11.8. The molecule has 0 saturated heterocycles. The van der Waals surface area contributed by atoms with E-state index < -0.39 is 10.4 Å². The summed E-state index contributed by atoms with van der Waals surface area (Å²) in [5.74, 6) is 0. The summed E-state index contributed by atoms with van der Waals surface area (Å²) in [5, 5.41) is 0. The molecule has 0 N–H and O–H groups in total. The molecule has 0 amide bonds. The van der Waals surface area contributed by atoms with Gasteiger partial charge in [0.1, 0.15) is 0 Å². The van der Waals surface area contributed by atoms with Crippen LogP contribution in [-0.2, 0) is 24.1 Å². The van der Waals surface area contributed by atoms with Crippen LogP contribution >= 0.6 is 0 Å². The fourth-order valence-electron chi connectivity index (χ4n) is 3.27. The average Bonchev–Trinajstić information content (AvgIpc) is 2.67. The maximum absolute atomic E-state index is 10.2. The minimum Gasteiger partial charge on any atom is -0.726 e. The van der Waals surface area contributed by atoms with Crippen molar-refractivity contribution in [1.82, 2.24) is 0 Å². The Hall–Kier alpha value is 0.790. The molecule has 0 radical (unpaired) electrons. The van der Waals surface area contributed by atoms with E-state index in [9.17, 15) is 13.0 Å². The number of unbranched alkanes of at least 4 members (excludes halogenated alkanes) is 15. The van der Waals surface area contributed by atoms with Crippen molar-refractivity contribution < 1.29 is 56.2 Å². The van der Waals surface area contributed by atoms with Gasteiger partial charge in [-0.1, -0.05) is 103 Å². The SMILES string of the molecule is CCCCCCCCCCCCCCCCCCOCCOCCOS(=O)(=O)[O-].[Na+]. The Morgan fingerprint density at radius 2 is 0.867 bits per heavy atom. The van der Waals surface area contributed by atoms with Crippen molar-refractivity contribution in [3.05, 3.63) is 0 Å². The van der Waals surface area contributed by atoms with Gasteiger partial charge in [0.25, 0.3) is 0 Å². The molecule has 0 spiro atoms. The van der Waals surface area contributed by atoms with Crippen LogP contribution in [0.3, 0.4) is 0 Å². The first-order valence-corrected chi connectivity index (χ1v) is 13.2. The van der Waals surface area contributed by atoms with Crippen LogP contribution in [0.5, 0.6) is 0 Å². The Labute approximate surface area is 208 Å². The molecule has 0 saturated carbocycles. The molecule has 0 fully saturated rings. The Bertz CT molecular complexity index is 420. The Morgan fingerprint density at radius 3 is 1.27 bits per heavy atom. The monoisotopic (exact) mass is 460 g/mol. The van der Waals surface area contributed by atoms with Gasteiger partial charge in [0.05, 0.1) is 26.4 Å². The number of ether oxygens (including phenoxy) is 2. The summed E-state index contributed by atoms with van der Waals surface area (Å²) in [6.07, 6.45) is 21.7. The first kappa shape index (κ1) is 33.0. The molecule has 0 bridgehead atoms. The molecule has 0 aliphatic heterocycles. The van der Waals surface area contributed by atoms with E-state index in [-0.39, 0.29) is 42.8 Å². The van der Waals surface area contributed by atoms with Crippen molar-refractivity contribution in [2.75, 3.05) is 33.0 Å². The molecule has 0 aliphatic carbocycles. The zero-order valence-corrected chi connectivity index (χ0v) is 22.5. The summed E-state index contributed by atoms with van der Waals surface area (Å²) in [6.45, 7) is 3.68. The predicted molar refractivity (Wildman–Crippen MR) is 117 cm³/mol. The van der Waals surface area contributed by atoms with Crippen molar-refractivity contribution in [2.45, 2.75) is 110 Å². The molecule has 176 valence electrons. The van der Waals surface area contributed by atoms with Crippen molar-refractivity contribution in [3.8, 4) is 0 Å². The number of hydrogen-bond donors (Lipinski definition) is 0. The summed E-state index contributed by atoms with van der Waals surface area (Å²) in [4.78, 5) is 0. The van der Waals surface area contributed by atoms with Crippen LogP contribution in [-0.4, -0.2) is 46.0 Å². The number of rotatable bonds is 24. The topological polar surface area (TPSA) is 84.9 Å². The second-order valence-electron chi connectivity index (χ2n) is 7.76. The van der Waals surface area contributed by atoms with Gasteiger partial charge in [-0.2, -0.15) is 0 Å². The van der Waals surface area contributed by atoms with E-state index in [0.717, 1.165) is 13.0 Å². The maximum Gasteiger partial charge on any atom is 1.00 e. The molecule has 30 heavy (non-hydrogen) atoms. The summed E-state index contributed by atoms with van der Waals surface area (Å²) >= 11 is 0. The van der Waals surface area contributed by atoms with Crippen molar-refractivity contribution >= 4 is 10.4 Å². The minimum atomic E-state index is -4.61. The summed E-state index contributed by atoms with van der Waals surface area (Å²) in [5.41, 5.74) is 0. The van der Waals surface area contributed by atoms with Crippen LogP contribution in [0, 0.1) is 0 Å². The van der Waals surface area contributed by atoms with E-state index in [1.165, 1.54) is 96.3 Å². The van der Waals surface area contributed by atoms with Crippen molar-refractivity contribution in [1.29, 1.82) is 0 Å². The second-order valence-corrected chi connectivity index (χ2v) is 8.81. The minimum absolute atomic E-state index is 0. The molecule has 8 heteroatoms. The zero-order chi connectivity index (χ0) is 21.5. The van der Waals surface area contributed by atoms with Gasteiger partial charge in [-0.3, -0.25) is 4.18 Å². The molecular weight excluding hydrogens is 415 g/mol. The van der Waals surface area contributed by atoms with Crippen LogP contribution in [0.1, 0.15) is 110 Å². The van der Waals surface area contributed by atoms with Gasteiger partial charge in [0, 0.05) is 6.61 Å². The van der Waals surface area contributed by atoms with E-state index in [2.05, 4.69) is 11.1 Å². The fraction of sp³-hybridized carbons (Fsp3) is 1.00. The fourth-order valence-corrected chi connectivity index (χ4v) is 3.54. The summed E-state index contributed by atoms with van der Waals surface area (Å²) < 4.78 is 45.2. The molecular formula is C22H45NaO6S. The van der Waals surface area contributed by atoms with Crippen molar-refractivity contribution in [3.63, 3.8) is 0 Å². The van der Waals surface area contributed by atoms with Gasteiger partial charge in [0.15, 0.2) is 0 Å². The third-order valence-corrected chi connectivity index (χ3v) is 5.42. The molecule has 0 unspecified atom stereocenters. The van der Waals surface area contributed by atoms with Crippen LogP contribution in [0.25, 0.3) is 0 Å². The van der Waals surface area contributed by atoms with E-state index >= 15 is 0 Å². The van der Waals surface area contributed by atoms with Gasteiger partial charge in [-0.05, 0) is 6.42 Å². The third kappa shape index (κ3) is 31.0. The van der Waals surface area contributed by atoms with E-state index in [4.69, 9.17) is 9.47 Å². The van der Waals surface area contributed by atoms with Crippen LogP contribution in [0.15, 0.2) is 0 Å². The third-order valence-electron chi connectivity index (χ3n) is 4.97. The molecule has 0 aromatic rings. The zero-order valence-electron chi connectivity index (χ0n) is 19.7. The molecule has 0 atom stereocenters. The van der Waals surface area contributed by atoms with Gasteiger partial charge < -0.3 is 14.0 Å². The van der Waals surface area contributed by atoms with Gasteiger partial charge >= 0.3 is 29.6 Å². The molecule has 0 aromatic heterocycles. The molecule has 0 aromatic carbocycles. The second kappa shape index (κ2) is 26.0. The van der Waals surface area contributed by atoms with Gasteiger partial charge in [0.2, 0.25) is 10.4 Å².